The number of hydrogen-bond donors (Lipinski definition) is 2. The Hall–Kier alpha value is -3.52. The van der Waals surface area contributed by atoms with Crippen molar-refractivity contribution in [3.05, 3.63) is 70.8 Å². The lowest BCUT2D eigenvalue weighted by molar-refractivity contribution is -0.112. The van der Waals surface area contributed by atoms with E-state index in [2.05, 4.69) is 11.9 Å². The third kappa shape index (κ3) is 4.77. The summed E-state index contributed by atoms with van der Waals surface area (Å²) in [5.41, 5.74) is 3.79. The zero-order chi connectivity index (χ0) is 20.0. The number of allylic oxidation sites excluding steroid dienone is 1. The lowest BCUT2D eigenvalue weighted by Gasteiger charge is -2.11. The van der Waals surface area contributed by atoms with Gasteiger partial charge in [0.15, 0.2) is 11.5 Å². The average Bonchev–Trinajstić information content (AvgIpc) is 2.64. The molecule has 0 radical (unpaired) electrons. The molecule has 2 aromatic rings. The summed E-state index contributed by atoms with van der Waals surface area (Å²) in [4.78, 5) is 12.5. The van der Waals surface area contributed by atoms with Crippen molar-refractivity contribution in [2.75, 3.05) is 12.4 Å². The van der Waals surface area contributed by atoms with Crippen LogP contribution in [0, 0.1) is 25.2 Å². The van der Waals surface area contributed by atoms with Gasteiger partial charge in [-0.3, -0.25) is 4.79 Å². The average molecular weight is 362 g/mol. The Bertz CT molecular complexity index is 953. The van der Waals surface area contributed by atoms with Crippen molar-refractivity contribution in [2.45, 2.75) is 20.3 Å². The molecule has 0 saturated heterocycles. The highest BCUT2D eigenvalue weighted by Gasteiger charge is 2.13. The van der Waals surface area contributed by atoms with E-state index in [0.717, 1.165) is 11.1 Å². The molecule has 0 aromatic heterocycles. The molecule has 0 heterocycles. The molecule has 0 spiro atoms. The maximum atomic E-state index is 12.5. The summed E-state index contributed by atoms with van der Waals surface area (Å²) < 4.78 is 5.17. The van der Waals surface area contributed by atoms with Crippen molar-refractivity contribution >= 4 is 17.7 Å². The maximum Gasteiger partial charge on any atom is 0.266 e. The molecule has 138 valence electrons. The van der Waals surface area contributed by atoms with Crippen molar-refractivity contribution in [3.63, 3.8) is 0 Å². The van der Waals surface area contributed by atoms with Gasteiger partial charge in [0.05, 0.1) is 7.11 Å². The minimum Gasteiger partial charge on any atom is -0.504 e. The summed E-state index contributed by atoms with van der Waals surface area (Å²) in [6.07, 6.45) is 3.55. The number of rotatable bonds is 6. The van der Waals surface area contributed by atoms with Crippen molar-refractivity contribution in [1.29, 1.82) is 5.26 Å². The van der Waals surface area contributed by atoms with Gasteiger partial charge in [0, 0.05) is 11.3 Å². The zero-order valence-electron chi connectivity index (χ0n) is 15.7. The van der Waals surface area contributed by atoms with Gasteiger partial charge in [0.2, 0.25) is 0 Å². The first-order valence-electron chi connectivity index (χ1n) is 8.40. The number of nitrogens with zero attached hydrogens (tertiary/aromatic N) is 1. The molecule has 0 fully saturated rings. The normalized spacial score (nSPS) is 10.8. The SMILES string of the molecule is C=CCc1cc(/C=C(\C#N)C(=O)Nc2ccc(C)cc2C)cc(OC)c1O. The first-order valence-corrected chi connectivity index (χ1v) is 8.40. The largest absolute Gasteiger partial charge is 0.504 e. The predicted molar refractivity (Wildman–Crippen MR) is 107 cm³/mol. The maximum absolute atomic E-state index is 12.5. The second-order valence-corrected chi connectivity index (χ2v) is 6.17. The van der Waals surface area contributed by atoms with E-state index in [-0.39, 0.29) is 17.1 Å². The Morgan fingerprint density at radius 2 is 2.07 bits per heavy atom. The van der Waals surface area contributed by atoms with E-state index in [0.29, 0.717) is 23.2 Å². The monoisotopic (exact) mass is 362 g/mol. The highest BCUT2D eigenvalue weighted by Crippen LogP contribution is 2.32. The van der Waals surface area contributed by atoms with E-state index in [1.165, 1.54) is 13.2 Å². The summed E-state index contributed by atoms with van der Waals surface area (Å²) in [5, 5.41) is 22.3. The van der Waals surface area contributed by atoms with Crippen molar-refractivity contribution in [2.24, 2.45) is 0 Å². The third-order valence-electron chi connectivity index (χ3n) is 4.07. The van der Waals surface area contributed by atoms with Gasteiger partial charge in [-0.05, 0) is 55.7 Å². The summed E-state index contributed by atoms with van der Waals surface area (Å²) in [6, 6.07) is 10.9. The number of carbonyl (C=O) groups excluding carboxylic acids is 1. The number of aryl methyl sites for hydroxylation is 2. The second-order valence-electron chi connectivity index (χ2n) is 6.17. The quantitative estimate of drug-likeness (QED) is 0.456. The van der Waals surface area contributed by atoms with Crippen LogP contribution in [0.3, 0.4) is 0 Å². The molecule has 0 aliphatic carbocycles. The van der Waals surface area contributed by atoms with E-state index >= 15 is 0 Å². The highest BCUT2D eigenvalue weighted by molar-refractivity contribution is 6.10. The van der Waals surface area contributed by atoms with Gasteiger partial charge in [0.1, 0.15) is 11.6 Å². The van der Waals surface area contributed by atoms with E-state index < -0.39 is 5.91 Å². The van der Waals surface area contributed by atoms with Crippen molar-refractivity contribution in [1.82, 2.24) is 0 Å². The molecule has 0 saturated carbocycles. The van der Waals surface area contributed by atoms with Crippen LogP contribution in [0.25, 0.3) is 6.08 Å². The number of methoxy groups -OCH3 is 1. The second kappa shape index (κ2) is 8.72. The smallest absolute Gasteiger partial charge is 0.266 e. The first-order chi connectivity index (χ1) is 12.9. The molecular weight excluding hydrogens is 340 g/mol. The van der Waals surface area contributed by atoms with Crippen LogP contribution < -0.4 is 10.1 Å². The van der Waals surface area contributed by atoms with Crippen molar-refractivity contribution in [3.8, 4) is 17.6 Å². The van der Waals surface area contributed by atoms with E-state index in [9.17, 15) is 15.2 Å². The molecule has 2 N–H and O–H groups in total. The number of amides is 1. The molecule has 0 aliphatic rings. The Balaban J connectivity index is 2.37. The van der Waals surface area contributed by atoms with Crippen LogP contribution >= 0.6 is 0 Å². The van der Waals surface area contributed by atoms with Crippen LogP contribution in [0.4, 0.5) is 5.69 Å². The summed E-state index contributed by atoms with van der Waals surface area (Å²) in [5.74, 6) is -0.206. The van der Waals surface area contributed by atoms with Crippen LogP contribution in [0.5, 0.6) is 11.5 Å². The van der Waals surface area contributed by atoms with E-state index in [1.807, 2.05) is 38.1 Å². The van der Waals surface area contributed by atoms with Crippen LogP contribution in [0.1, 0.15) is 22.3 Å². The molecule has 27 heavy (non-hydrogen) atoms. The van der Waals surface area contributed by atoms with Gasteiger partial charge in [-0.15, -0.1) is 6.58 Å². The highest BCUT2D eigenvalue weighted by atomic mass is 16.5. The third-order valence-corrected chi connectivity index (χ3v) is 4.07. The number of hydrogen-bond acceptors (Lipinski definition) is 4. The molecule has 0 aliphatic heterocycles. The fourth-order valence-corrected chi connectivity index (χ4v) is 2.70. The molecule has 5 nitrogen and oxygen atoms in total. The Morgan fingerprint density at radius 1 is 1.33 bits per heavy atom. The number of carbonyl (C=O) groups is 1. The summed E-state index contributed by atoms with van der Waals surface area (Å²) in [6.45, 7) is 7.53. The summed E-state index contributed by atoms with van der Waals surface area (Å²) in [7, 11) is 1.44. The molecule has 0 atom stereocenters. The first kappa shape index (κ1) is 19.8. The molecular formula is C22H22N2O3. The minimum atomic E-state index is -0.498. The van der Waals surface area contributed by atoms with Gasteiger partial charge in [-0.2, -0.15) is 5.26 Å². The topological polar surface area (TPSA) is 82.4 Å². The van der Waals surface area contributed by atoms with E-state index in [1.54, 1.807) is 18.2 Å². The van der Waals surface area contributed by atoms with Crippen molar-refractivity contribution < 1.29 is 14.6 Å². The number of benzene rings is 2. The Labute approximate surface area is 159 Å². The number of anilines is 1. The Morgan fingerprint density at radius 3 is 2.67 bits per heavy atom. The van der Waals surface area contributed by atoms with Crippen LogP contribution in [0.2, 0.25) is 0 Å². The van der Waals surface area contributed by atoms with Crippen LogP contribution in [-0.4, -0.2) is 18.1 Å². The molecule has 2 rings (SSSR count). The molecule has 2 aromatic carbocycles. The zero-order valence-corrected chi connectivity index (χ0v) is 15.7. The van der Waals surface area contributed by atoms with Gasteiger partial charge in [0.25, 0.3) is 5.91 Å². The molecule has 0 unspecified atom stereocenters. The standard InChI is InChI=1S/C22H22N2O3/c1-5-6-17-10-16(12-20(27-4)21(17)25)11-18(13-23)22(26)24-19-8-7-14(2)9-15(19)3/h5,7-12,25H,1,6H2,2-4H3,(H,24,26)/b18-11+. The summed E-state index contributed by atoms with van der Waals surface area (Å²) >= 11 is 0. The fourth-order valence-electron chi connectivity index (χ4n) is 2.70. The van der Waals surface area contributed by atoms with Gasteiger partial charge in [-0.1, -0.05) is 23.8 Å². The molecule has 1 amide bonds. The number of nitriles is 1. The number of ether oxygens (including phenoxy) is 1. The predicted octanol–water partition coefficient (Wildman–Crippen LogP) is 4.29. The number of nitrogens with one attached hydrogen (secondary N) is 1. The lowest BCUT2D eigenvalue weighted by atomic mass is 10.0. The van der Waals surface area contributed by atoms with Gasteiger partial charge in [-0.25, -0.2) is 0 Å². The van der Waals surface area contributed by atoms with E-state index in [4.69, 9.17) is 4.74 Å². The molecule has 5 heteroatoms. The molecule has 0 bridgehead atoms. The van der Waals surface area contributed by atoms with Gasteiger partial charge >= 0.3 is 0 Å². The Kier molecular flexibility index (Phi) is 6.40. The van der Waals surface area contributed by atoms with Crippen LogP contribution in [-0.2, 0) is 11.2 Å². The fraction of sp³-hybridized carbons (Fsp3) is 0.182. The number of phenols is 1. The number of phenolic OH excluding ortho intramolecular Hbond substituents is 1. The lowest BCUT2D eigenvalue weighted by Crippen LogP contribution is -2.14. The minimum absolute atomic E-state index is 0.0211. The van der Waals surface area contributed by atoms with Gasteiger partial charge < -0.3 is 15.2 Å². The number of aromatic hydroxyl groups is 1. The van der Waals surface area contributed by atoms with Crippen LogP contribution in [0.15, 0.2) is 48.6 Å².